The number of imide groups is 1. The Hall–Kier alpha value is -3.15. The van der Waals surface area contributed by atoms with Crippen LogP contribution in [0.4, 0.5) is 5.69 Å². The van der Waals surface area contributed by atoms with Crippen molar-refractivity contribution in [3.05, 3.63) is 60.2 Å². The molecular formula is C25H26N2O4. The average molecular weight is 418 g/mol. The summed E-state index contributed by atoms with van der Waals surface area (Å²) in [5, 5.41) is 2.89. The minimum Gasteiger partial charge on any atom is -0.495 e. The number of ether oxygens (including phenoxy) is 1. The van der Waals surface area contributed by atoms with Crippen molar-refractivity contribution in [2.45, 2.75) is 31.7 Å². The van der Waals surface area contributed by atoms with E-state index in [0.717, 1.165) is 24.8 Å². The molecule has 6 nitrogen and oxygen atoms in total. The van der Waals surface area contributed by atoms with E-state index in [4.69, 9.17) is 4.74 Å². The van der Waals surface area contributed by atoms with Crippen molar-refractivity contribution < 1.29 is 19.1 Å². The number of anilines is 1. The van der Waals surface area contributed by atoms with E-state index in [-0.39, 0.29) is 47.8 Å². The zero-order valence-corrected chi connectivity index (χ0v) is 17.5. The second kappa shape index (κ2) is 7.84. The van der Waals surface area contributed by atoms with Crippen molar-refractivity contribution in [3.8, 4) is 5.75 Å². The lowest BCUT2D eigenvalue weighted by molar-refractivity contribution is -0.147. The van der Waals surface area contributed by atoms with Crippen molar-refractivity contribution in [3.63, 3.8) is 0 Å². The number of rotatable bonds is 6. The second-order valence-corrected chi connectivity index (χ2v) is 8.83. The number of methoxy groups -OCH3 is 1. The van der Waals surface area contributed by atoms with Crippen LogP contribution in [0.5, 0.6) is 5.75 Å². The highest BCUT2D eigenvalue weighted by Crippen LogP contribution is 2.56. The number of fused-ring (bicyclic) bond motifs is 5. The maximum Gasteiger partial charge on any atom is 0.248 e. The molecule has 3 amide bonds. The first-order chi connectivity index (χ1) is 15.1. The van der Waals surface area contributed by atoms with E-state index in [0.29, 0.717) is 11.4 Å². The maximum atomic E-state index is 13.4. The predicted molar refractivity (Wildman–Crippen MR) is 115 cm³/mol. The van der Waals surface area contributed by atoms with Gasteiger partial charge in [-0.3, -0.25) is 19.3 Å². The summed E-state index contributed by atoms with van der Waals surface area (Å²) in [7, 11) is 1.54. The Morgan fingerprint density at radius 3 is 2.26 bits per heavy atom. The largest absolute Gasteiger partial charge is 0.495 e. The van der Waals surface area contributed by atoms with Crippen LogP contribution in [-0.2, 0) is 20.8 Å². The quantitative estimate of drug-likeness (QED) is 0.731. The Morgan fingerprint density at radius 1 is 1.00 bits per heavy atom. The molecule has 2 bridgehead atoms. The summed E-state index contributed by atoms with van der Waals surface area (Å²) < 4.78 is 5.35. The summed E-state index contributed by atoms with van der Waals surface area (Å²) >= 11 is 0. The van der Waals surface area contributed by atoms with Crippen LogP contribution >= 0.6 is 0 Å². The molecule has 31 heavy (non-hydrogen) atoms. The molecule has 1 aliphatic heterocycles. The summed E-state index contributed by atoms with van der Waals surface area (Å²) in [5.41, 5.74) is 1.43. The number of amides is 3. The molecule has 1 N–H and O–H groups in total. The third kappa shape index (κ3) is 3.30. The molecule has 3 fully saturated rings. The van der Waals surface area contributed by atoms with Crippen LogP contribution < -0.4 is 10.1 Å². The van der Waals surface area contributed by atoms with Crippen molar-refractivity contribution >= 4 is 23.4 Å². The van der Waals surface area contributed by atoms with Crippen molar-refractivity contribution in [2.75, 3.05) is 12.4 Å². The van der Waals surface area contributed by atoms with Crippen molar-refractivity contribution in [1.29, 1.82) is 0 Å². The Morgan fingerprint density at radius 2 is 1.61 bits per heavy atom. The summed E-state index contributed by atoms with van der Waals surface area (Å²) in [6.07, 6.45) is 3.27. The van der Waals surface area contributed by atoms with Gasteiger partial charge in [0.15, 0.2) is 0 Å². The van der Waals surface area contributed by atoms with Gasteiger partial charge in [-0.15, -0.1) is 0 Å². The molecule has 1 heterocycles. The lowest BCUT2D eigenvalue weighted by Gasteiger charge is -2.27. The smallest absolute Gasteiger partial charge is 0.248 e. The fraction of sp³-hybridized carbons (Fsp3) is 0.400. The van der Waals surface area contributed by atoms with Crippen LogP contribution in [0.15, 0.2) is 54.6 Å². The molecule has 2 aromatic carbocycles. The molecule has 0 radical (unpaired) electrons. The number of hydrogen-bond acceptors (Lipinski definition) is 4. The molecule has 2 saturated carbocycles. The normalized spacial score (nSPS) is 27.3. The average Bonchev–Trinajstić information content (AvgIpc) is 3.47. The number of nitrogens with zero attached hydrogens (tertiary/aromatic N) is 1. The van der Waals surface area contributed by atoms with Gasteiger partial charge in [0.1, 0.15) is 11.8 Å². The van der Waals surface area contributed by atoms with E-state index < -0.39 is 6.04 Å². The Bertz CT molecular complexity index is 993. The van der Waals surface area contributed by atoms with Crippen LogP contribution in [-0.4, -0.2) is 35.8 Å². The van der Waals surface area contributed by atoms with Crippen LogP contribution in [0.1, 0.15) is 24.8 Å². The predicted octanol–water partition coefficient (Wildman–Crippen LogP) is 3.28. The van der Waals surface area contributed by atoms with E-state index >= 15 is 0 Å². The van der Waals surface area contributed by atoms with Gasteiger partial charge in [0, 0.05) is 6.42 Å². The Kier molecular flexibility index (Phi) is 5.00. The molecule has 1 saturated heterocycles. The van der Waals surface area contributed by atoms with Gasteiger partial charge < -0.3 is 10.1 Å². The summed E-state index contributed by atoms with van der Waals surface area (Å²) in [4.78, 5) is 41.5. The van der Waals surface area contributed by atoms with Gasteiger partial charge in [0.05, 0.1) is 24.6 Å². The SMILES string of the molecule is COc1ccccc1NC(=O)[C@H](Cc1ccccc1)N1C(=O)[C@@H]2[C@H]3CC[C@@H](C3)[C@@H]2C1=O. The number of carbonyl (C=O) groups is 3. The highest BCUT2D eigenvalue weighted by atomic mass is 16.5. The molecule has 160 valence electrons. The van der Waals surface area contributed by atoms with Gasteiger partial charge in [0.25, 0.3) is 0 Å². The molecule has 0 aromatic heterocycles. The van der Waals surface area contributed by atoms with E-state index in [2.05, 4.69) is 5.32 Å². The second-order valence-electron chi connectivity index (χ2n) is 8.83. The number of hydrogen-bond donors (Lipinski definition) is 1. The molecule has 6 heteroatoms. The van der Waals surface area contributed by atoms with Crippen LogP contribution in [0.25, 0.3) is 0 Å². The van der Waals surface area contributed by atoms with E-state index in [1.807, 2.05) is 36.4 Å². The van der Waals surface area contributed by atoms with Crippen LogP contribution in [0, 0.1) is 23.7 Å². The molecule has 0 spiro atoms. The number of carbonyl (C=O) groups excluding carboxylic acids is 3. The lowest BCUT2D eigenvalue weighted by atomic mass is 9.81. The van der Waals surface area contributed by atoms with Gasteiger partial charge >= 0.3 is 0 Å². The van der Waals surface area contributed by atoms with Gasteiger partial charge in [-0.2, -0.15) is 0 Å². The molecule has 2 aliphatic carbocycles. The fourth-order valence-electron chi connectivity index (χ4n) is 5.84. The van der Waals surface area contributed by atoms with Gasteiger partial charge in [-0.1, -0.05) is 42.5 Å². The van der Waals surface area contributed by atoms with E-state index in [1.54, 1.807) is 18.2 Å². The third-order valence-corrected chi connectivity index (χ3v) is 7.21. The molecule has 3 aliphatic rings. The highest BCUT2D eigenvalue weighted by Gasteiger charge is 2.62. The van der Waals surface area contributed by atoms with E-state index in [9.17, 15) is 14.4 Å². The molecule has 5 rings (SSSR count). The van der Waals surface area contributed by atoms with Gasteiger partial charge in [-0.25, -0.2) is 0 Å². The maximum absolute atomic E-state index is 13.4. The summed E-state index contributed by atoms with van der Waals surface area (Å²) in [6.45, 7) is 0. The zero-order chi connectivity index (χ0) is 21.5. The number of para-hydroxylation sites is 2. The minimum absolute atomic E-state index is 0.168. The first kappa shape index (κ1) is 19.8. The number of nitrogens with one attached hydrogen (secondary N) is 1. The number of benzene rings is 2. The van der Waals surface area contributed by atoms with Crippen molar-refractivity contribution in [2.24, 2.45) is 23.7 Å². The van der Waals surface area contributed by atoms with E-state index in [1.165, 1.54) is 12.0 Å². The van der Waals surface area contributed by atoms with Crippen LogP contribution in [0.2, 0.25) is 0 Å². The molecular weight excluding hydrogens is 392 g/mol. The van der Waals surface area contributed by atoms with Gasteiger partial charge in [0.2, 0.25) is 17.7 Å². The monoisotopic (exact) mass is 418 g/mol. The highest BCUT2D eigenvalue weighted by molar-refractivity contribution is 6.10. The Balaban J connectivity index is 1.47. The molecule has 0 unspecified atom stereocenters. The first-order valence-corrected chi connectivity index (χ1v) is 10.9. The number of likely N-dealkylation sites (tertiary alicyclic amines) is 1. The fourth-order valence-corrected chi connectivity index (χ4v) is 5.84. The first-order valence-electron chi connectivity index (χ1n) is 10.9. The molecule has 2 aromatic rings. The van der Waals surface area contributed by atoms with Gasteiger partial charge in [-0.05, 0) is 48.8 Å². The third-order valence-electron chi connectivity index (χ3n) is 7.21. The zero-order valence-electron chi connectivity index (χ0n) is 17.5. The standard InChI is InChI=1S/C25H26N2O4/c1-31-20-10-6-5-9-18(20)26-23(28)19(13-15-7-3-2-4-8-15)27-24(29)21-16-11-12-17(14-16)22(21)25(27)30/h2-10,16-17,19,21-22H,11-14H2,1H3,(H,26,28)/t16-,17-,19-,21-,22+/m0/s1. The lowest BCUT2D eigenvalue weighted by Crippen LogP contribution is -2.49. The minimum atomic E-state index is -0.891. The summed E-state index contributed by atoms with van der Waals surface area (Å²) in [5.74, 6) is -0.105. The molecule has 5 atom stereocenters. The summed E-state index contributed by atoms with van der Waals surface area (Å²) in [6, 6.07) is 15.8. The van der Waals surface area contributed by atoms with Crippen LogP contribution in [0.3, 0.4) is 0 Å². The Labute approximate surface area is 181 Å². The van der Waals surface area contributed by atoms with Crippen molar-refractivity contribution in [1.82, 2.24) is 4.90 Å². The topological polar surface area (TPSA) is 75.7 Å².